The van der Waals surface area contributed by atoms with Crippen LogP contribution in [-0.2, 0) is 6.54 Å². The molecule has 6 heteroatoms. The van der Waals surface area contributed by atoms with Gasteiger partial charge in [-0.2, -0.15) is 8.78 Å². The lowest BCUT2D eigenvalue weighted by atomic mass is 10.2. The van der Waals surface area contributed by atoms with E-state index >= 15 is 0 Å². The van der Waals surface area contributed by atoms with Gasteiger partial charge in [-0.25, -0.2) is 0 Å². The molecule has 0 atom stereocenters. The third-order valence-corrected chi connectivity index (χ3v) is 4.34. The van der Waals surface area contributed by atoms with Crippen molar-refractivity contribution in [2.24, 2.45) is 0 Å². The van der Waals surface area contributed by atoms with Gasteiger partial charge in [0.05, 0.1) is 6.54 Å². The molecule has 0 N–H and O–H groups in total. The van der Waals surface area contributed by atoms with E-state index in [-0.39, 0.29) is 17.7 Å². The van der Waals surface area contributed by atoms with Gasteiger partial charge in [-0.15, -0.1) is 11.3 Å². The summed E-state index contributed by atoms with van der Waals surface area (Å²) in [4.78, 5) is 15.6. The molecular formula is C16H15F2NO2S. The van der Waals surface area contributed by atoms with E-state index in [1.165, 1.54) is 24.3 Å². The van der Waals surface area contributed by atoms with Crippen molar-refractivity contribution >= 4 is 17.2 Å². The molecule has 1 saturated carbocycles. The molecule has 116 valence electrons. The van der Waals surface area contributed by atoms with Gasteiger partial charge < -0.3 is 9.64 Å². The minimum atomic E-state index is -2.86. The summed E-state index contributed by atoms with van der Waals surface area (Å²) in [6.45, 7) is -2.26. The Morgan fingerprint density at radius 2 is 2.00 bits per heavy atom. The minimum Gasteiger partial charge on any atom is -0.435 e. The van der Waals surface area contributed by atoms with Gasteiger partial charge in [-0.3, -0.25) is 4.79 Å². The first-order chi connectivity index (χ1) is 10.6. The van der Waals surface area contributed by atoms with Crippen LogP contribution in [0.15, 0.2) is 41.8 Å². The number of ether oxygens (including phenoxy) is 1. The zero-order valence-corrected chi connectivity index (χ0v) is 12.6. The summed E-state index contributed by atoms with van der Waals surface area (Å²) in [6, 6.07) is 10.1. The fourth-order valence-electron chi connectivity index (χ4n) is 2.27. The van der Waals surface area contributed by atoms with E-state index in [1.807, 2.05) is 22.4 Å². The quantitative estimate of drug-likeness (QED) is 0.799. The third kappa shape index (κ3) is 3.62. The molecular weight excluding hydrogens is 308 g/mol. The molecule has 0 radical (unpaired) electrons. The van der Waals surface area contributed by atoms with E-state index in [2.05, 4.69) is 4.74 Å². The molecule has 0 unspecified atom stereocenters. The molecule has 1 heterocycles. The lowest BCUT2D eigenvalue weighted by Gasteiger charge is -2.22. The van der Waals surface area contributed by atoms with E-state index in [1.54, 1.807) is 11.3 Å². The Bertz CT molecular complexity index is 624. The van der Waals surface area contributed by atoms with E-state index in [0.717, 1.165) is 17.7 Å². The summed E-state index contributed by atoms with van der Waals surface area (Å²) in [5.74, 6) is -0.0118. The van der Waals surface area contributed by atoms with Gasteiger partial charge in [-0.05, 0) is 48.6 Å². The van der Waals surface area contributed by atoms with Gasteiger partial charge in [0.2, 0.25) is 0 Å². The number of carbonyl (C=O) groups is 1. The average molecular weight is 323 g/mol. The first-order valence-corrected chi connectivity index (χ1v) is 7.89. The maximum atomic E-state index is 12.6. The molecule has 3 rings (SSSR count). The summed E-state index contributed by atoms with van der Waals surface area (Å²) in [7, 11) is 0. The number of thiophene rings is 1. The predicted molar refractivity (Wildman–Crippen MR) is 80.3 cm³/mol. The maximum Gasteiger partial charge on any atom is 0.387 e. The number of hydrogen-bond donors (Lipinski definition) is 0. The zero-order valence-electron chi connectivity index (χ0n) is 11.7. The number of rotatable bonds is 6. The summed E-state index contributed by atoms with van der Waals surface area (Å²) in [5, 5.41) is 1.99. The van der Waals surface area contributed by atoms with Crippen molar-refractivity contribution in [3.8, 4) is 5.75 Å². The van der Waals surface area contributed by atoms with Crippen LogP contribution in [-0.4, -0.2) is 23.5 Å². The number of amides is 1. The molecule has 1 aliphatic carbocycles. The number of halogens is 2. The van der Waals surface area contributed by atoms with E-state index in [4.69, 9.17) is 0 Å². The second-order valence-corrected chi connectivity index (χ2v) is 6.18. The normalized spacial score (nSPS) is 14.1. The number of hydrogen-bond acceptors (Lipinski definition) is 3. The molecule has 1 amide bonds. The van der Waals surface area contributed by atoms with Gasteiger partial charge >= 0.3 is 6.61 Å². The lowest BCUT2D eigenvalue weighted by Crippen LogP contribution is -2.32. The molecule has 1 aromatic heterocycles. The summed E-state index contributed by atoms with van der Waals surface area (Å²) < 4.78 is 28.6. The van der Waals surface area contributed by atoms with Crippen molar-refractivity contribution in [2.45, 2.75) is 32.0 Å². The van der Waals surface area contributed by atoms with Crippen LogP contribution in [0, 0.1) is 0 Å². The Labute approximate surface area is 131 Å². The van der Waals surface area contributed by atoms with E-state index in [9.17, 15) is 13.6 Å². The van der Waals surface area contributed by atoms with Crippen molar-refractivity contribution in [2.75, 3.05) is 0 Å². The lowest BCUT2D eigenvalue weighted by molar-refractivity contribution is -0.0498. The second kappa shape index (κ2) is 6.44. The van der Waals surface area contributed by atoms with E-state index < -0.39 is 6.61 Å². The van der Waals surface area contributed by atoms with Crippen LogP contribution in [0.2, 0.25) is 0 Å². The van der Waals surface area contributed by atoms with Crippen molar-refractivity contribution in [3.63, 3.8) is 0 Å². The highest BCUT2D eigenvalue weighted by molar-refractivity contribution is 7.09. The first kappa shape index (κ1) is 15.0. The van der Waals surface area contributed by atoms with Crippen molar-refractivity contribution in [3.05, 3.63) is 52.2 Å². The third-order valence-electron chi connectivity index (χ3n) is 3.48. The Morgan fingerprint density at radius 1 is 1.27 bits per heavy atom. The maximum absolute atomic E-state index is 12.6. The molecule has 1 aliphatic rings. The molecule has 0 bridgehead atoms. The van der Waals surface area contributed by atoms with Gasteiger partial charge in [-0.1, -0.05) is 6.07 Å². The molecule has 1 fully saturated rings. The molecule has 22 heavy (non-hydrogen) atoms. The first-order valence-electron chi connectivity index (χ1n) is 7.02. The molecule has 0 aliphatic heterocycles. The fourth-order valence-corrected chi connectivity index (χ4v) is 2.97. The van der Waals surface area contributed by atoms with Crippen LogP contribution in [0.1, 0.15) is 28.1 Å². The molecule has 2 aromatic rings. The fraction of sp³-hybridized carbons (Fsp3) is 0.312. The number of carbonyl (C=O) groups excluding carboxylic acids is 1. The Morgan fingerprint density at radius 3 is 2.55 bits per heavy atom. The summed E-state index contributed by atoms with van der Waals surface area (Å²) in [5.41, 5.74) is 0.491. The largest absolute Gasteiger partial charge is 0.435 e. The Balaban J connectivity index is 1.72. The number of nitrogens with zero attached hydrogens (tertiary/aromatic N) is 1. The van der Waals surface area contributed by atoms with E-state index in [0.29, 0.717) is 12.1 Å². The van der Waals surface area contributed by atoms with Crippen LogP contribution in [0.5, 0.6) is 5.75 Å². The molecule has 0 saturated heterocycles. The van der Waals surface area contributed by atoms with Crippen LogP contribution in [0.3, 0.4) is 0 Å². The highest BCUT2D eigenvalue weighted by atomic mass is 32.1. The summed E-state index contributed by atoms with van der Waals surface area (Å²) >= 11 is 1.62. The van der Waals surface area contributed by atoms with Crippen LogP contribution < -0.4 is 4.74 Å². The van der Waals surface area contributed by atoms with Crippen LogP contribution >= 0.6 is 11.3 Å². The standard InChI is InChI=1S/C16H15F2NO2S/c17-16(18)21-13-7-3-11(4-8-13)15(20)19(12-5-6-12)10-14-2-1-9-22-14/h1-4,7-9,12,16H,5-6,10H2. The SMILES string of the molecule is O=C(c1ccc(OC(F)F)cc1)N(Cc1cccs1)C1CC1. The van der Waals surface area contributed by atoms with Gasteiger partial charge in [0, 0.05) is 16.5 Å². The monoisotopic (exact) mass is 323 g/mol. The summed E-state index contributed by atoms with van der Waals surface area (Å²) in [6.07, 6.45) is 2.04. The average Bonchev–Trinajstić information content (AvgIpc) is 3.21. The van der Waals surface area contributed by atoms with Crippen molar-refractivity contribution in [1.29, 1.82) is 0 Å². The zero-order chi connectivity index (χ0) is 15.5. The predicted octanol–water partition coefficient (Wildman–Crippen LogP) is 4.15. The van der Waals surface area contributed by atoms with Crippen LogP contribution in [0.4, 0.5) is 8.78 Å². The minimum absolute atomic E-state index is 0.0581. The highest BCUT2D eigenvalue weighted by Gasteiger charge is 2.33. The van der Waals surface area contributed by atoms with Gasteiger partial charge in [0.25, 0.3) is 5.91 Å². The van der Waals surface area contributed by atoms with Gasteiger partial charge in [0.1, 0.15) is 5.75 Å². The topological polar surface area (TPSA) is 29.5 Å². The number of benzene rings is 1. The Kier molecular flexibility index (Phi) is 4.38. The molecule has 3 nitrogen and oxygen atoms in total. The van der Waals surface area contributed by atoms with Crippen LogP contribution in [0.25, 0.3) is 0 Å². The number of alkyl halides is 2. The highest BCUT2D eigenvalue weighted by Crippen LogP contribution is 2.31. The smallest absolute Gasteiger partial charge is 0.387 e. The second-order valence-electron chi connectivity index (χ2n) is 5.15. The molecule has 0 spiro atoms. The van der Waals surface area contributed by atoms with Gasteiger partial charge in [0.15, 0.2) is 0 Å². The van der Waals surface area contributed by atoms with Crippen molar-refractivity contribution in [1.82, 2.24) is 4.90 Å². The Hall–Kier alpha value is -1.95. The molecule has 1 aromatic carbocycles. The van der Waals surface area contributed by atoms with Crippen molar-refractivity contribution < 1.29 is 18.3 Å².